The van der Waals surface area contributed by atoms with E-state index >= 15 is 0 Å². The molecule has 0 radical (unpaired) electrons. The predicted octanol–water partition coefficient (Wildman–Crippen LogP) is 6.38. The van der Waals surface area contributed by atoms with E-state index in [-0.39, 0.29) is 23.9 Å². The van der Waals surface area contributed by atoms with Crippen molar-refractivity contribution in [3.8, 4) is 0 Å². The molecule has 2 amide bonds. The molecule has 1 atom stereocenters. The second-order valence-electron chi connectivity index (χ2n) is 9.58. The van der Waals surface area contributed by atoms with Crippen molar-refractivity contribution in [3.05, 3.63) is 69.2 Å². The molecule has 0 aliphatic rings. The predicted molar refractivity (Wildman–Crippen MR) is 133 cm³/mol. The molecule has 0 saturated heterocycles. The lowest BCUT2D eigenvalue weighted by molar-refractivity contribution is -0.141. The summed E-state index contributed by atoms with van der Waals surface area (Å²) in [6, 6.07) is 13.0. The van der Waals surface area contributed by atoms with Crippen molar-refractivity contribution in [2.45, 2.75) is 78.4 Å². The quantitative estimate of drug-likeness (QED) is 0.480. The summed E-state index contributed by atoms with van der Waals surface area (Å²) in [6.45, 7) is 12.1. The van der Waals surface area contributed by atoms with Crippen molar-refractivity contribution in [1.29, 1.82) is 0 Å². The van der Waals surface area contributed by atoms with Crippen LogP contribution in [0.4, 0.5) is 0 Å². The van der Waals surface area contributed by atoms with Gasteiger partial charge >= 0.3 is 0 Å². The monoisotopic (exact) mass is 476 g/mol. The average molecular weight is 477 g/mol. The molecule has 0 spiro atoms. The second-order valence-corrected chi connectivity index (χ2v) is 10.4. The maximum atomic E-state index is 13.2. The highest BCUT2D eigenvalue weighted by Crippen LogP contribution is 2.24. The van der Waals surface area contributed by atoms with Crippen LogP contribution in [-0.2, 0) is 22.6 Å². The Bertz CT molecular complexity index is 934. The van der Waals surface area contributed by atoms with E-state index in [1.165, 1.54) is 5.56 Å². The highest BCUT2D eigenvalue weighted by Gasteiger charge is 2.28. The van der Waals surface area contributed by atoms with Gasteiger partial charge in [-0.2, -0.15) is 0 Å². The van der Waals surface area contributed by atoms with Crippen molar-refractivity contribution in [2.24, 2.45) is 0 Å². The number of aryl methyl sites for hydroxylation is 1. The summed E-state index contributed by atoms with van der Waals surface area (Å²) in [5.74, 6) is 0.197. The number of amides is 2. The largest absolute Gasteiger partial charge is 0.350 e. The van der Waals surface area contributed by atoms with Gasteiger partial charge in [0.25, 0.3) is 0 Å². The Labute approximate surface area is 202 Å². The summed E-state index contributed by atoms with van der Waals surface area (Å²) in [5, 5.41) is 3.85. The lowest BCUT2D eigenvalue weighted by atomic mass is 10.00. The van der Waals surface area contributed by atoms with Gasteiger partial charge in [0, 0.05) is 18.5 Å². The lowest BCUT2D eigenvalue weighted by Gasteiger charge is -2.31. The third-order valence-electron chi connectivity index (χ3n) is 5.28. The Morgan fingerprint density at radius 3 is 2.06 bits per heavy atom. The van der Waals surface area contributed by atoms with E-state index in [9.17, 15) is 9.59 Å². The first-order chi connectivity index (χ1) is 14.9. The van der Waals surface area contributed by atoms with Crippen LogP contribution in [0.2, 0.25) is 10.0 Å². The van der Waals surface area contributed by atoms with Gasteiger partial charge in [0.05, 0.1) is 10.0 Å². The Morgan fingerprint density at radius 1 is 0.938 bits per heavy atom. The molecule has 2 aromatic carbocycles. The van der Waals surface area contributed by atoms with E-state index < -0.39 is 6.04 Å². The second kappa shape index (κ2) is 11.2. The number of carbonyl (C=O) groups excluding carboxylic acids is 2. The molecule has 174 valence electrons. The molecule has 2 rings (SSSR count). The summed E-state index contributed by atoms with van der Waals surface area (Å²) in [5.41, 5.74) is 2.81. The van der Waals surface area contributed by atoms with Crippen LogP contribution in [0.15, 0.2) is 42.5 Å². The number of nitrogens with one attached hydrogen (secondary N) is 1. The fourth-order valence-electron chi connectivity index (χ4n) is 3.36. The van der Waals surface area contributed by atoms with E-state index in [1.54, 1.807) is 24.0 Å². The highest BCUT2D eigenvalue weighted by atomic mass is 35.5. The van der Waals surface area contributed by atoms with Gasteiger partial charge in [0.15, 0.2) is 0 Å². The zero-order valence-electron chi connectivity index (χ0n) is 19.8. The number of halogens is 2. The molecule has 0 saturated carbocycles. The number of hydrogen-bond acceptors (Lipinski definition) is 2. The first-order valence-electron chi connectivity index (χ1n) is 11.0. The minimum atomic E-state index is -0.625. The average Bonchev–Trinajstić information content (AvgIpc) is 2.71. The molecule has 2 aromatic rings. The van der Waals surface area contributed by atoms with Crippen LogP contribution < -0.4 is 5.32 Å². The summed E-state index contributed by atoms with van der Waals surface area (Å²) in [7, 11) is 0. The molecular formula is C26H34Cl2N2O2. The lowest BCUT2D eigenvalue weighted by Crippen LogP contribution is -2.52. The third kappa shape index (κ3) is 7.83. The van der Waals surface area contributed by atoms with Gasteiger partial charge in [0.2, 0.25) is 11.8 Å². The van der Waals surface area contributed by atoms with Crippen LogP contribution in [0.3, 0.4) is 0 Å². The zero-order valence-corrected chi connectivity index (χ0v) is 21.3. The SMILES string of the molecule is CC(C)c1ccc(CCC(=O)N(Cc2ccc(Cl)c(Cl)c2)C(C)C(=O)NC(C)(C)C)cc1. The molecule has 0 heterocycles. The van der Waals surface area contributed by atoms with Gasteiger partial charge in [-0.25, -0.2) is 0 Å². The molecule has 6 heteroatoms. The maximum absolute atomic E-state index is 13.2. The van der Waals surface area contributed by atoms with Crippen LogP contribution in [-0.4, -0.2) is 28.3 Å². The van der Waals surface area contributed by atoms with Crippen LogP contribution in [0.1, 0.15) is 70.6 Å². The molecule has 32 heavy (non-hydrogen) atoms. The minimum absolute atomic E-state index is 0.0828. The van der Waals surface area contributed by atoms with E-state index in [1.807, 2.05) is 26.8 Å². The van der Waals surface area contributed by atoms with Gasteiger partial charge in [0.1, 0.15) is 6.04 Å². The molecule has 1 N–H and O–H groups in total. The first kappa shape index (κ1) is 26.2. The molecule has 0 aliphatic carbocycles. The standard InChI is InChI=1S/C26H34Cl2N2O2/c1-17(2)21-11-7-19(8-12-21)10-14-24(31)30(18(3)25(32)29-26(4,5)6)16-20-9-13-22(27)23(28)15-20/h7-9,11-13,15,17-18H,10,14,16H2,1-6H3,(H,29,32). The summed E-state index contributed by atoms with van der Waals surface area (Å²) < 4.78 is 0. The highest BCUT2D eigenvalue weighted by molar-refractivity contribution is 6.42. The van der Waals surface area contributed by atoms with Crippen molar-refractivity contribution in [2.75, 3.05) is 0 Å². The number of benzene rings is 2. The van der Waals surface area contributed by atoms with Gasteiger partial charge in [-0.15, -0.1) is 0 Å². The normalized spacial score (nSPS) is 12.5. The Hall–Kier alpha value is -2.04. The number of rotatable bonds is 8. The van der Waals surface area contributed by atoms with Crippen molar-refractivity contribution in [3.63, 3.8) is 0 Å². The topological polar surface area (TPSA) is 49.4 Å². The van der Waals surface area contributed by atoms with E-state index in [2.05, 4.69) is 43.4 Å². The molecule has 0 aromatic heterocycles. The van der Waals surface area contributed by atoms with Crippen LogP contribution in [0.5, 0.6) is 0 Å². The van der Waals surface area contributed by atoms with Crippen LogP contribution >= 0.6 is 23.2 Å². The zero-order chi connectivity index (χ0) is 24.1. The maximum Gasteiger partial charge on any atom is 0.242 e. The van der Waals surface area contributed by atoms with Gasteiger partial charge < -0.3 is 10.2 Å². The fourth-order valence-corrected chi connectivity index (χ4v) is 3.68. The Balaban J connectivity index is 2.18. The number of carbonyl (C=O) groups is 2. The number of nitrogens with zero attached hydrogens (tertiary/aromatic N) is 1. The van der Waals surface area contributed by atoms with Crippen LogP contribution in [0, 0.1) is 0 Å². The molecular weight excluding hydrogens is 443 g/mol. The van der Waals surface area contributed by atoms with Crippen molar-refractivity contribution >= 4 is 35.0 Å². The third-order valence-corrected chi connectivity index (χ3v) is 6.02. The van der Waals surface area contributed by atoms with Gasteiger partial charge in [-0.1, -0.05) is 67.4 Å². The molecule has 0 bridgehead atoms. The molecule has 0 fully saturated rings. The summed E-state index contributed by atoms with van der Waals surface area (Å²) in [4.78, 5) is 27.7. The Morgan fingerprint density at radius 2 is 1.53 bits per heavy atom. The Kier molecular flexibility index (Phi) is 9.18. The summed E-state index contributed by atoms with van der Waals surface area (Å²) in [6.07, 6.45) is 0.929. The smallest absolute Gasteiger partial charge is 0.242 e. The molecule has 1 unspecified atom stereocenters. The van der Waals surface area contributed by atoms with Crippen molar-refractivity contribution in [1.82, 2.24) is 10.2 Å². The number of hydrogen-bond donors (Lipinski definition) is 1. The fraction of sp³-hybridized carbons (Fsp3) is 0.462. The summed E-state index contributed by atoms with van der Waals surface area (Å²) >= 11 is 12.2. The van der Waals surface area contributed by atoms with E-state index in [0.717, 1.165) is 11.1 Å². The van der Waals surface area contributed by atoms with Crippen molar-refractivity contribution < 1.29 is 9.59 Å². The van der Waals surface area contributed by atoms with Crippen LogP contribution in [0.25, 0.3) is 0 Å². The molecule has 0 aliphatic heterocycles. The van der Waals surface area contributed by atoms with Gasteiger partial charge in [-0.3, -0.25) is 9.59 Å². The molecule has 4 nitrogen and oxygen atoms in total. The van der Waals surface area contributed by atoms with Gasteiger partial charge in [-0.05, 0) is 68.9 Å². The minimum Gasteiger partial charge on any atom is -0.350 e. The van der Waals surface area contributed by atoms with E-state index in [4.69, 9.17) is 23.2 Å². The first-order valence-corrected chi connectivity index (χ1v) is 11.8. The van der Waals surface area contributed by atoms with E-state index in [0.29, 0.717) is 28.8 Å².